The summed E-state index contributed by atoms with van der Waals surface area (Å²) in [6.07, 6.45) is 0. The fourth-order valence-corrected chi connectivity index (χ4v) is 0.824. The normalized spacial score (nSPS) is 8.60. The van der Waals surface area contributed by atoms with Crippen molar-refractivity contribution in [2.45, 2.75) is 5.88 Å². The Morgan fingerprint density at radius 3 is 2.30 bits per heavy atom. The number of alkyl halides is 1. The maximum atomic E-state index is 12.5. The van der Waals surface area contributed by atoms with Crippen LogP contribution >= 0.6 is 11.6 Å². The quantitative estimate of drug-likeness (QED) is 0.493. The van der Waals surface area contributed by atoms with Crippen LogP contribution in [0.2, 0.25) is 0 Å². The van der Waals surface area contributed by atoms with E-state index in [1.165, 1.54) is 6.07 Å². The van der Waals surface area contributed by atoms with Crippen LogP contribution in [0.15, 0.2) is 24.3 Å². The van der Waals surface area contributed by atoms with Crippen molar-refractivity contribution in [3.63, 3.8) is 0 Å². The maximum Gasteiger partial charge on any atom is 0.127 e. The molecule has 0 atom stereocenters. The van der Waals surface area contributed by atoms with Gasteiger partial charge in [0.2, 0.25) is 0 Å². The first-order valence-corrected chi connectivity index (χ1v) is 3.17. The van der Waals surface area contributed by atoms with E-state index in [1.54, 1.807) is 18.2 Å². The van der Waals surface area contributed by atoms with Crippen LogP contribution in [0.1, 0.15) is 5.56 Å². The molecule has 0 radical (unpaired) electrons. The summed E-state index contributed by atoms with van der Waals surface area (Å²) in [5.74, 6) is 0.0136. The summed E-state index contributed by atoms with van der Waals surface area (Å²) >= 11 is 5.39. The zero-order valence-electron chi connectivity index (χ0n) is 5.48. The molecule has 3 heteroatoms. The van der Waals surface area contributed by atoms with Crippen molar-refractivity contribution in [3.8, 4) is 0 Å². The molecule has 0 aliphatic carbocycles. The summed E-state index contributed by atoms with van der Waals surface area (Å²) in [4.78, 5) is 0. The van der Waals surface area contributed by atoms with Crippen LogP contribution < -0.4 is 0 Å². The van der Waals surface area contributed by atoms with Crippen LogP contribution in [-0.4, -0.2) is 0 Å². The first kappa shape index (κ1) is 10.1. The van der Waals surface area contributed by atoms with Gasteiger partial charge in [-0.1, -0.05) is 18.2 Å². The summed E-state index contributed by atoms with van der Waals surface area (Å²) in [6.45, 7) is 0. The molecular formula is C7H6ClFZn. The van der Waals surface area contributed by atoms with Gasteiger partial charge in [-0.15, -0.1) is 11.6 Å². The fourth-order valence-electron chi connectivity index (χ4n) is 0.607. The molecule has 10 heavy (non-hydrogen) atoms. The minimum atomic E-state index is -0.229. The van der Waals surface area contributed by atoms with Crippen LogP contribution in [0.3, 0.4) is 0 Å². The average molecular weight is 210 g/mol. The summed E-state index contributed by atoms with van der Waals surface area (Å²) in [5, 5.41) is 0. The van der Waals surface area contributed by atoms with E-state index in [4.69, 9.17) is 11.6 Å². The van der Waals surface area contributed by atoms with Gasteiger partial charge in [0, 0.05) is 25.0 Å². The topological polar surface area (TPSA) is 0 Å². The molecule has 0 amide bonds. The standard InChI is InChI=1S/C7H6ClF.Zn/c8-5-6-3-1-2-4-7(6)9;/h1-4H,5H2;. The van der Waals surface area contributed by atoms with Crippen LogP contribution in [0.4, 0.5) is 4.39 Å². The molecule has 0 heterocycles. The van der Waals surface area contributed by atoms with Gasteiger partial charge < -0.3 is 0 Å². The monoisotopic (exact) mass is 208 g/mol. The third kappa shape index (κ3) is 2.36. The van der Waals surface area contributed by atoms with Gasteiger partial charge in [0.1, 0.15) is 5.82 Å². The Bertz CT molecular complexity index is 203. The predicted molar refractivity (Wildman–Crippen MR) is 36.0 cm³/mol. The number of hydrogen-bond acceptors (Lipinski definition) is 0. The van der Waals surface area contributed by atoms with Gasteiger partial charge in [0.15, 0.2) is 0 Å². The van der Waals surface area contributed by atoms with Gasteiger partial charge in [-0.2, -0.15) is 0 Å². The van der Waals surface area contributed by atoms with E-state index in [0.717, 1.165) is 0 Å². The SMILES string of the molecule is Fc1ccccc1CCl.[Zn]. The van der Waals surface area contributed by atoms with Gasteiger partial charge in [-0.25, -0.2) is 4.39 Å². The van der Waals surface area contributed by atoms with Crippen LogP contribution in [0.5, 0.6) is 0 Å². The zero-order valence-corrected chi connectivity index (χ0v) is 9.20. The van der Waals surface area contributed by atoms with Gasteiger partial charge >= 0.3 is 0 Å². The predicted octanol–water partition coefficient (Wildman–Crippen LogP) is 2.56. The van der Waals surface area contributed by atoms with E-state index >= 15 is 0 Å². The Labute approximate surface area is 77.1 Å². The van der Waals surface area contributed by atoms with E-state index in [2.05, 4.69) is 0 Å². The molecule has 0 fully saturated rings. The van der Waals surface area contributed by atoms with Gasteiger partial charge in [-0.3, -0.25) is 0 Å². The zero-order chi connectivity index (χ0) is 6.69. The Morgan fingerprint density at radius 1 is 1.30 bits per heavy atom. The molecule has 0 nitrogen and oxygen atoms in total. The third-order valence-electron chi connectivity index (χ3n) is 1.10. The summed E-state index contributed by atoms with van der Waals surface area (Å²) in [7, 11) is 0. The molecule has 1 rings (SSSR count). The molecule has 50 valence electrons. The Morgan fingerprint density at radius 2 is 1.90 bits per heavy atom. The number of halogens is 2. The van der Waals surface area contributed by atoms with Crippen molar-refractivity contribution < 1.29 is 23.9 Å². The summed E-state index contributed by atoms with van der Waals surface area (Å²) in [6, 6.07) is 6.48. The molecule has 0 aromatic heterocycles. The first-order valence-electron chi connectivity index (χ1n) is 2.64. The summed E-state index contributed by atoms with van der Waals surface area (Å²) in [5.41, 5.74) is 0.555. The van der Waals surface area contributed by atoms with Crippen LogP contribution in [-0.2, 0) is 25.4 Å². The van der Waals surface area contributed by atoms with Crippen LogP contribution in [0.25, 0.3) is 0 Å². The maximum absolute atomic E-state index is 12.5. The largest absolute Gasteiger partial charge is 0.207 e. The second-order valence-corrected chi connectivity index (χ2v) is 1.99. The summed E-state index contributed by atoms with van der Waals surface area (Å²) < 4.78 is 12.5. The Kier molecular flexibility index (Phi) is 4.84. The molecule has 0 saturated carbocycles. The minimum absolute atomic E-state index is 0. The van der Waals surface area contributed by atoms with Crippen molar-refractivity contribution in [3.05, 3.63) is 35.6 Å². The Hall–Kier alpha value is 0.0634. The van der Waals surface area contributed by atoms with Gasteiger partial charge in [0.05, 0.1) is 5.88 Å². The molecule has 0 bridgehead atoms. The van der Waals surface area contributed by atoms with Crippen molar-refractivity contribution in [1.29, 1.82) is 0 Å². The van der Waals surface area contributed by atoms with E-state index in [-0.39, 0.29) is 31.2 Å². The molecule has 0 unspecified atom stereocenters. The molecule has 1 aromatic carbocycles. The Balaban J connectivity index is 0.000000810. The van der Waals surface area contributed by atoms with E-state index in [0.29, 0.717) is 5.56 Å². The molecule has 0 saturated heterocycles. The van der Waals surface area contributed by atoms with Gasteiger partial charge in [-0.05, 0) is 6.07 Å². The molecule has 0 aliphatic heterocycles. The van der Waals surface area contributed by atoms with E-state index in [9.17, 15) is 4.39 Å². The van der Waals surface area contributed by atoms with Crippen LogP contribution in [0, 0.1) is 5.82 Å². The minimum Gasteiger partial charge on any atom is -0.207 e. The molecule has 0 spiro atoms. The smallest absolute Gasteiger partial charge is 0.127 e. The molecule has 0 N–H and O–H groups in total. The van der Waals surface area contributed by atoms with Crippen molar-refractivity contribution in [1.82, 2.24) is 0 Å². The van der Waals surface area contributed by atoms with Crippen molar-refractivity contribution in [2.75, 3.05) is 0 Å². The number of hydrogen-bond donors (Lipinski definition) is 0. The average Bonchev–Trinajstić information content (AvgIpc) is 1.89. The first-order chi connectivity index (χ1) is 4.34. The van der Waals surface area contributed by atoms with Crippen molar-refractivity contribution in [2.24, 2.45) is 0 Å². The number of rotatable bonds is 1. The molecule has 0 aliphatic rings. The molecular weight excluding hydrogens is 204 g/mol. The number of benzene rings is 1. The fraction of sp³-hybridized carbons (Fsp3) is 0.143. The second kappa shape index (κ2) is 4.81. The molecule has 1 aromatic rings. The third-order valence-corrected chi connectivity index (χ3v) is 1.39. The van der Waals surface area contributed by atoms with Gasteiger partial charge in [0.25, 0.3) is 0 Å². The van der Waals surface area contributed by atoms with Crippen molar-refractivity contribution >= 4 is 11.6 Å². The van der Waals surface area contributed by atoms with E-state index < -0.39 is 0 Å². The second-order valence-electron chi connectivity index (χ2n) is 1.73. The van der Waals surface area contributed by atoms with E-state index in [1.807, 2.05) is 0 Å².